The van der Waals surface area contributed by atoms with Crippen molar-refractivity contribution in [2.45, 2.75) is 11.8 Å². The van der Waals surface area contributed by atoms with Crippen LogP contribution in [-0.4, -0.2) is 42.6 Å². The van der Waals surface area contributed by atoms with Crippen molar-refractivity contribution in [1.29, 1.82) is 0 Å². The van der Waals surface area contributed by atoms with E-state index in [2.05, 4.69) is 57.2 Å². The summed E-state index contributed by atoms with van der Waals surface area (Å²) in [6.07, 6.45) is 3.66. The predicted octanol–water partition coefficient (Wildman–Crippen LogP) is 4.92. The first-order valence-electron chi connectivity index (χ1n) is 9.20. The van der Waals surface area contributed by atoms with Crippen molar-refractivity contribution in [2.24, 2.45) is 0 Å². The Morgan fingerprint density at radius 1 is 1.07 bits per heavy atom. The van der Waals surface area contributed by atoms with Gasteiger partial charge in [-0.1, -0.05) is 36.7 Å². The van der Waals surface area contributed by atoms with Gasteiger partial charge in [-0.05, 0) is 54.2 Å². The second-order valence-corrected chi connectivity index (χ2v) is 7.62. The molecule has 0 aliphatic carbocycles. The average molecular weight is 401 g/mol. The number of hydrogen-bond acceptors (Lipinski definition) is 5. The summed E-state index contributed by atoms with van der Waals surface area (Å²) < 4.78 is 3.41. The smallest absolute Gasteiger partial charge is 0.0420 e. The van der Waals surface area contributed by atoms with Gasteiger partial charge in [0, 0.05) is 59.6 Å². The number of aromatic nitrogens is 1. The van der Waals surface area contributed by atoms with E-state index in [-0.39, 0.29) is 0 Å². The second kappa shape index (κ2) is 10.5. The molecule has 2 N–H and O–H groups in total. The second-order valence-electron chi connectivity index (χ2n) is 6.22. The number of pyridine rings is 1. The van der Waals surface area contributed by atoms with Gasteiger partial charge in [0.05, 0.1) is 0 Å². The molecule has 0 aliphatic rings. The SMILES string of the molecule is CCN(CCNSc1cccnc1)CCNc1cccc2cc(Cl)ccc12. The van der Waals surface area contributed by atoms with Gasteiger partial charge in [-0.25, -0.2) is 0 Å². The summed E-state index contributed by atoms with van der Waals surface area (Å²) in [5, 5.41) is 6.71. The lowest BCUT2D eigenvalue weighted by Gasteiger charge is -2.21. The van der Waals surface area contributed by atoms with E-state index >= 15 is 0 Å². The molecule has 6 heteroatoms. The number of rotatable bonds is 10. The van der Waals surface area contributed by atoms with E-state index in [0.29, 0.717) is 0 Å². The highest BCUT2D eigenvalue weighted by Gasteiger charge is 2.04. The van der Waals surface area contributed by atoms with Crippen molar-refractivity contribution in [3.8, 4) is 0 Å². The van der Waals surface area contributed by atoms with Gasteiger partial charge in [0.25, 0.3) is 0 Å². The zero-order valence-electron chi connectivity index (χ0n) is 15.5. The fourth-order valence-corrected chi connectivity index (χ4v) is 3.73. The van der Waals surface area contributed by atoms with E-state index < -0.39 is 0 Å². The molecule has 2 aromatic carbocycles. The maximum absolute atomic E-state index is 6.10. The molecule has 27 heavy (non-hydrogen) atoms. The van der Waals surface area contributed by atoms with Crippen molar-refractivity contribution >= 4 is 40.0 Å². The third-order valence-electron chi connectivity index (χ3n) is 4.39. The first kappa shape index (κ1) is 20.0. The minimum absolute atomic E-state index is 0.772. The average Bonchev–Trinajstić information content (AvgIpc) is 2.70. The molecule has 0 radical (unpaired) electrons. The van der Waals surface area contributed by atoms with E-state index in [1.165, 1.54) is 5.39 Å². The van der Waals surface area contributed by atoms with Gasteiger partial charge >= 0.3 is 0 Å². The minimum atomic E-state index is 0.772. The van der Waals surface area contributed by atoms with Gasteiger partial charge in [0.15, 0.2) is 0 Å². The number of benzene rings is 2. The van der Waals surface area contributed by atoms with Crippen LogP contribution < -0.4 is 10.0 Å². The van der Waals surface area contributed by atoms with Crippen LogP contribution in [0.25, 0.3) is 10.8 Å². The molecule has 0 atom stereocenters. The van der Waals surface area contributed by atoms with Gasteiger partial charge in [-0.2, -0.15) is 0 Å². The lowest BCUT2D eigenvalue weighted by molar-refractivity contribution is 0.305. The Morgan fingerprint density at radius 3 is 2.78 bits per heavy atom. The summed E-state index contributed by atoms with van der Waals surface area (Å²) >= 11 is 7.73. The molecule has 0 aliphatic heterocycles. The highest BCUT2D eigenvalue weighted by Crippen LogP contribution is 2.25. The normalized spacial score (nSPS) is 11.2. The molecule has 0 fully saturated rings. The largest absolute Gasteiger partial charge is 0.383 e. The summed E-state index contributed by atoms with van der Waals surface area (Å²) in [5.74, 6) is 0. The first-order chi connectivity index (χ1) is 13.3. The molecule has 4 nitrogen and oxygen atoms in total. The molecule has 0 spiro atoms. The monoisotopic (exact) mass is 400 g/mol. The minimum Gasteiger partial charge on any atom is -0.383 e. The van der Waals surface area contributed by atoms with Gasteiger partial charge in [0.1, 0.15) is 0 Å². The Hall–Kier alpha value is -1.79. The van der Waals surface area contributed by atoms with Gasteiger partial charge in [0.2, 0.25) is 0 Å². The quantitative estimate of drug-likeness (QED) is 0.373. The molecule has 142 valence electrons. The lowest BCUT2D eigenvalue weighted by Crippen LogP contribution is -2.33. The molecule has 3 rings (SSSR count). The predicted molar refractivity (Wildman–Crippen MR) is 118 cm³/mol. The third-order valence-corrected chi connectivity index (χ3v) is 5.45. The molecular formula is C21H25ClN4S. The van der Waals surface area contributed by atoms with Crippen molar-refractivity contribution in [1.82, 2.24) is 14.6 Å². The van der Waals surface area contributed by atoms with Crippen LogP contribution in [0.5, 0.6) is 0 Å². The van der Waals surface area contributed by atoms with E-state index in [4.69, 9.17) is 11.6 Å². The van der Waals surface area contributed by atoms with Crippen LogP contribution in [0.1, 0.15) is 6.92 Å². The summed E-state index contributed by atoms with van der Waals surface area (Å²) in [5.41, 5.74) is 1.16. The van der Waals surface area contributed by atoms with Crippen LogP contribution in [0.3, 0.4) is 0 Å². The molecule has 0 saturated heterocycles. The summed E-state index contributed by atoms with van der Waals surface area (Å²) in [4.78, 5) is 7.70. The third kappa shape index (κ3) is 6.11. The van der Waals surface area contributed by atoms with Crippen LogP contribution in [-0.2, 0) is 0 Å². The Morgan fingerprint density at radius 2 is 1.96 bits per heavy atom. The van der Waals surface area contributed by atoms with Crippen LogP contribution in [0, 0.1) is 0 Å². The maximum Gasteiger partial charge on any atom is 0.0420 e. The first-order valence-corrected chi connectivity index (χ1v) is 10.4. The fourth-order valence-electron chi connectivity index (χ4n) is 2.93. The summed E-state index contributed by atoms with van der Waals surface area (Å²) in [6, 6.07) is 16.3. The standard InChI is InChI=1S/C21H25ClN4S/c1-2-26(14-12-25-27-19-6-4-10-23-16-19)13-11-24-21-7-3-5-17-15-18(22)8-9-20(17)21/h3-10,15-16,24-25H,2,11-14H2,1H3. The van der Waals surface area contributed by atoms with Crippen LogP contribution in [0.15, 0.2) is 65.8 Å². The van der Waals surface area contributed by atoms with Crippen LogP contribution in [0.2, 0.25) is 5.02 Å². The number of fused-ring (bicyclic) bond motifs is 1. The number of nitrogens with zero attached hydrogens (tertiary/aromatic N) is 2. The maximum atomic E-state index is 6.10. The molecule has 0 saturated carbocycles. The Labute approximate surface area is 170 Å². The van der Waals surface area contributed by atoms with E-state index in [9.17, 15) is 0 Å². The van der Waals surface area contributed by atoms with Gasteiger partial charge in [-0.15, -0.1) is 0 Å². The van der Waals surface area contributed by atoms with Gasteiger partial charge in [-0.3, -0.25) is 9.71 Å². The molecule has 1 heterocycles. The Balaban J connectivity index is 1.43. The topological polar surface area (TPSA) is 40.2 Å². The summed E-state index contributed by atoms with van der Waals surface area (Å²) in [7, 11) is 0. The number of anilines is 1. The Kier molecular flexibility index (Phi) is 7.78. The van der Waals surface area contributed by atoms with Crippen molar-refractivity contribution in [2.75, 3.05) is 38.0 Å². The van der Waals surface area contributed by atoms with Crippen LogP contribution in [0.4, 0.5) is 5.69 Å². The Bertz CT molecular complexity index is 844. The lowest BCUT2D eigenvalue weighted by atomic mass is 10.1. The van der Waals surface area contributed by atoms with E-state index in [0.717, 1.165) is 53.7 Å². The molecular weight excluding hydrogens is 376 g/mol. The van der Waals surface area contributed by atoms with E-state index in [1.54, 1.807) is 18.1 Å². The molecule has 3 aromatic rings. The zero-order valence-corrected chi connectivity index (χ0v) is 17.1. The number of nitrogens with one attached hydrogen (secondary N) is 2. The number of halogens is 1. The summed E-state index contributed by atoms with van der Waals surface area (Å²) in [6.45, 7) is 7.09. The van der Waals surface area contributed by atoms with Crippen LogP contribution >= 0.6 is 23.5 Å². The number of likely N-dealkylation sites (N-methyl/N-ethyl adjacent to an activating group) is 1. The molecule has 0 unspecified atom stereocenters. The van der Waals surface area contributed by atoms with Gasteiger partial charge < -0.3 is 10.2 Å². The molecule has 0 amide bonds. The van der Waals surface area contributed by atoms with Crippen molar-refractivity contribution < 1.29 is 0 Å². The zero-order chi connectivity index (χ0) is 18.9. The number of hydrogen-bond donors (Lipinski definition) is 2. The van der Waals surface area contributed by atoms with E-state index in [1.807, 2.05) is 24.4 Å². The highest BCUT2D eigenvalue weighted by atomic mass is 35.5. The molecule has 1 aromatic heterocycles. The molecule has 0 bridgehead atoms. The fraction of sp³-hybridized carbons (Fsp3) is 0.286. The van der Waals surface area contributed by atoms with Crippen molar-refractivity contribution in [3.05, 3.63) is 65.9 Å². The van der Waals surface area contributed by atoms with Crippen molar-refractivity contribution in [3.63, 3.8) is 0 Å². The highest BCUT2D eigenvalue weighted by molar-refractivity contribution is 7.97.